The molecule has 2 atom stereocenters. The summed E-state index contributed by atoms with van der Waals surface area (Å²) >= 11 is 0. The number of rotatable bonds is 12. The SMILES string of the molecule is CC.CC.CCCCCC(=N/C(C)=C(\C=O)C(O)C1=CC=CC=CC1)N(C)CC1=CC=C(C2=CC=CCC2c2noc(=O)[nH]2)CC=C1. The Morgan fingerprint density at radius 1 is 1.06 bits per heavy atom. The zero-order valence-electron chi connectivity index (χ0n) is 29.3. The molecule has 0 saturated carbocycles. The van der Waals surface area contributed by atoms with Crippen LogP contribution in [0, 0.1) is 0 Å². The van der Waals surface area contributed by atoms with Crippen molar-refractivity contribution in [3.63, 3.8) is 0 Å². The van der Waals surface area contributed by atoms with Gasteiger partial charge in [0.2, 0.25) is 0 Å². The highest BCUT2D eigenvalue weighted by atomic mass is 16.5. The largest absolute Gasteiger partial charge is 0.438 e. The second-order valence-electron chi connectivity index (χ2n) is 11.0. The summed E-state index contributed by atoms with van der Waals surface area (Å²) in [5, 5.41) is 15.0. The second kappa shape index (κ2) is 21.5. The summed E-state index contributed by atoms with van der Waals surface area (Å²) in [6.07, 6.45) is 30.0. The number of aromatic amines is 1. The van der Waals surface area contributed by atoms with Gasteiger partial charge in [-0.2, -0.15) is 0 Å². The van der Waals surface area contributed by atoms with E-state index in [2.05, 4.69) is 58.4 Å². The van der Waals surface area contributed by atoms with Crippen LogP contribution in [0.4, 0.5) is 0 Å². The van der Waals surface area contributed by atoms with Crippen LogP contribution in [-0.4, -0.2) is 52.0 Å². The predicted octanol–water partition coefficient (Wildman–Crippen LogP) is 8.38. The maximum absolute atomic E-state index is 12.1. The molecule has 254 valence electrons. The number of amidine groups is 1. The molecule has 0 spiro atoms. The Morgan fingerprint density at radius 2 is 1.85 bits per heavy atom. The third kappa shape index (κ3) is 11.8. The summed E-state index contributed by atoms with van der Waals surface area (Å²) in [7, 11) is 2.02. The predicted molar refractivity (Wildman–Crippen MR) is 194 cm³/mol. The number of unbranched alkanes of at least 4 members (excludes halogenated alkanes) is 2. The van der Waals surface area contributed by atoms with Gasteiger partial charge in [0.1, 0.15) is 11.9 Å². The van der Waals surface area contributed by atoms with Crippen LogP contribution in [0.15, 0.2) is 121 Å². The monoisotopic (exact) mass is 642 g/mol. The van der Waals surface area contributed by atoms with Crippen LogP contribution in [0.2, 0.25) is 0 Å². The van der Waals surface area contributed by atoms with E-state index in [1.165, 1.54) is 0 Å². The summed E-state index contributed by atoms with van der Waals surface area (Å²) in [5.74, 6) is 0.808. The highest BCUT2D eigenvalue weighted by molar-refractivity contribution is 5.85. The third-order valence-corrected chi connectivity index (χ3v) is 7.86. The molecule has 1 aromatic rings. The lowest BCUT2D eigenvalue weighted by atomic mass is 9.84. The number of nitrogens with zero attached hydrogens (tertiary/aromatic N) is 3. The van der Waals surface area contributed by atoms with Gasteiger partial charge in [0.05, 0.1) is 0 Å². The highest BCUT2D eigenvalue weighted by Gasteiger charge is 2.24. The van der Waals surface area contributed by atoms with Crippen molar-refractivity contribution >= 4 is 12.1 Å². The van der Waals surface area contributed by atoms with Gasteiger partial charge in [-0.15, -0.1) is 0 Å². The molecule has 8 heteroatoms. The Morgan fingerprint density at radius 3 is 2.55 bits per heavy atom. The lowest BCUT2D eigenvalue weighted by molar-refractivity contribution is -0.105. The van der Waals surface area contributed by atoms with Crippen molar-refractivity contribution in [3.8, 4) is 0 Å². The quantitative estimate of drug-likeness (QED) is 0.0779. The second-order valence-corrected chi connectivity index (χ2v) is 11.0. The van der Waals surface area contributed by atoms with Gasteiger partial charge in [-0.05, 0) is 54.9 Å². The molecule has 0 fully saturated rings. The molecule has 47 heavy (non-hydrogen) atoms. The van der Waals surface area contributed by atoms with Crippen molar-refractivity contribution < 1.29 is 14.4 Å². The topological polar surface area (TPSA) is 112 Å². The minimum atomic E-state index is -1.00. The molecule has 3 aliphatic carbocycles. The van der Waals surface area contributed by atoms with Gasteiger partial charge in [-0.25, -0.2) is 9.79 Å². The number of aromatic nitrogens is 2. The number of carbonyl (C=O) groups is 1. The molecule has 0 amide bonds. The number of aliphatic hydroxyl groups is 1. The van der Waals surface area contributed by atoms with E-state index < -0.39 is 11.9 Å². The number of nitrogens with one attached hydrogen (secondary N) is 1. The zero-order valence-corrected chi connectivity index (χ0v) is 29.3. The summed E-state index contributed by atoms with van der Waals surface area (Å²) in [6.45, 7) is 12.6. The Bertz CT molecular complexity index is 1520. The average molecular weight is 643 g/mol. The van der Waals surface area contributed by atoms with Crippen molar-refractivity contribution in [1.82, 2.24) is 15.0 Å². The van der Waals surface area contributed by atoms with E-state index in [-0.39, 0.29) is 11.5 Å². The maximum atomic E-state index is 12.1. The molecule has 2 N–H and O–H groups in total. The summed E-state index contributed by atoms with van der Waals surface area (Å²) in [4.78, 5) is 33.5. The van der Waals surface area contributed by atoms with Crippen LogP contribution in [-0.2, 0) is 4.79 Å². The van der Waals surface area contributed by atoms with Crippen LogP contribution in [0.1, 0.15) is 98.2 Å². The molecule has 2 unspecified atom stereocenters. The van der Waals surface area contributed by atoms with E-state index in [4.69, 9.17) is 9.52 Å². The molecule has 4 rings (SSSR count). The number of aliphatic imine (C=N–C) groups is 1. The third-order valence-electron chi connectivity index (χ3n) is 7.86. The summed E-state index contributed by atoms with van der Waals surface area (Å²) in [5.41, 5.74) is 4.97. The molecule has 0 bridgehead atoms. The van der Waals surface area contributed by atoms with E-state index in [1.807, 2.05) is 71.2 Å². The van der Waals surface area contributed by atoms with Crippen molar-refractivity contribution in [3.05, 3.63) is 123 Å². The lowest BCUT2D eigenvalue weighted by Crippen LogP contribution is -2.29. The van der Waals surface area contributed by atoms with E-state index in [9.17, 15) is 14.7 Å². The van der Waals surface area contributed by atoms with E-state index in [0.29, 0.717) is 24.5 Å². The van der Waals surface area contributed by atoms with Crippen molar-refractivity contribution in [2.24, 2.45) is 4.99 Å². The van der Waals surface area contributed by atoms with Crippen molar-refractivity contribution in [1.29, 1.82) is 0 Å². The van der Waals surface area contributed by atoms with Crippen LogP contribution in [0.3, 0.4) is 0 Å². The van der Waals surface area contributed by atoms with Crippen molar-refractivity contribution in [2.75, 3.05) is 13.6 Å². The first kappa shape index (κ1) is 38.9. The Balaban J connectivity index is 0.00000185. The average Bonchev–Trinajstić information content (AvgIpc) is 3.26. The highest BCUT2D eigenvalue weighted by Crippen LogP contribution is 2.35. The standard InChI is InChI=1S/C35H42N4O4.2C2H6/c1-4-5-8-20-32(36-25(2)31(24-40)33(41)28-15-9-6-7-10-16-28)39(3)23-26-14-13-17-27(22-21-26)29-18-11-12-19-30(29)34-37-35(42)43-38-34;2*1-2/h6-7,9-15,18,21-22,24,30,33,41H,4-5,8,16-17,19-20,23H2,1-3H3,(H,37,38,42);2*1-2H3/b31-25+,36-32?;;. The molecule has 1 heterocycles. The van der Waals surface area contributed by atoms with Crippen LogP contribution < -0.4 is 5.76 Å². The minimum Gasteiger partial charge on any atom is -0.384 e. The fraction of sp³-hybridized carbons (Fsp3) is 0.436. The van der Waals surface area contributed by atoms with Crippen LogP contribution in [0.25, 0.3) is 0 Å². The number of hydrogen-bond donors (Lipinski definition) is 2. The Labute approximate surface area is 281 Å². The van der Waals surface area contributed by atoms with Crippen LogP contribution >= 0.6 is 0 Å². The van der Waals surface area contributed by atoms with Gasteiger partial charge >= 0.3 is 5.76 Å². The van der Waals surface area contributed by atoms with E-state index in [0.717, 1.165) is 72.9 Å². The summed E-state index contributed by atoms with van der Waals surface area (Å²) < 4.78 is 4.78. The Kier molecular flexibility index (Phi) is 17.8. The molecule has 1 aromatic heterocycles. The van der Waals surface area contributed by atoms with Gasteiger partial charge in [0.15, 0.2) is 12.1 Å². The molecular formula is C39H54N4O4. The Hall–Kier alpha value is -4.30. The zero-order chi connectivity index (χ0) is 34.6. The van der Waals surface area contributed by atoms with Gasteiger partial charge in [0, 0.05) is 37.2 Å². The molecule has 0 aliphatic heterocycles. The fourth-order valence-corrected chi connectivity index (χ4v) is 5.43. The first-order chi connectivity index (χ1) is 22.9. The number of likely N-dealkylation sites (N-methyl/N-ethyl adjacent to an activating group) is 1. The molecule has 8 nitrogen and oxygen atoms in total. The number of aldehydes is 1. The molecule has 0 radical (unpaired) electrons. The van der Waals surface area contributed by atoms with Gasteiger partial charge in [0.25, 0.3) is 0 Å². The number of hydrogen-bond acceptors (Lipinski definition) is 6. The molecule has 0 aromatic carbocycles. The molecule has 0 saturated heterocycles. The van der Waals surface area contributed by atoms with Crippen molar-refractivity contribution in [2.45, 2.75) is 98.5 Å². The first-order valence-electron chi connectivity index (χ1n) is 17.1. The fourth-order valence-electron chi connectivity index (χ4n) is 5.43. The van der Waals surface area contributed by atoms with Crippen LogP contribution in [0.5, 0.6) is 0 Å². The maximum Gasteiger partial charge on any atom is 0.438 e. The van der Waals surface area contributed by atoms with Gasteiger partial charge in [-0.3, -0.25) is 14.3 Å². The van der Waals surface area contributed by atoms with Gasteiger partial charge < -0.3 is 10.0 Å². The normalized spacial score (nSPS) is 18.5. The number of allylic oxidation sites excluding steroid dienone is 14. The smallest absolute Gasteiger partial charge is 0.384 e. The summed E-state index contributed by atoms with van der Waals surface area (Å²) in [6, 6.07) is 0. The number of carbonyl (C=O) groups excluding carboxylic acids is 1. The number of H-pyrrole nitrogens is 1. The van der Waals surface area contributed by atoms with Gasteiger partial charge in [-0.1, -0.05) is 126 Å². The number of aliphatic hydroxyl groups excluding tert-OH is 1. The van der Waals surface area contributed by atoms with E-state index in [1.54, 1.807) is 6.92 Å². The molecular weight excluding hydrogens is 588 g/mol. The van der Waals surface area contributed by atoms with E-state index >= 15 is 0 Å². The minimum absolute atomic E-state index is 0.0658. The first-order valence-corrected chi connectivity index (χ1v) is 17.1. The lowest BCUT2D eigenvalue weighted by Gasteiger charge is -2.23. The molecule has 3 aliphatic rings.